The van der Waals surface area contributed by atoms with Crippen LogP contribution in [-0.4, -0.2) is 37.1 Å². The molecular formula is C19H31IN4O2. The number of hydrogen-bond acceptors (Lipinski definition) is 3. The predicted molar refractivity (Wildman–Crippen MR) is 116 cm³/mol. The molecule has 26 heavy (non-hydrogen) atoms. The highest BCUT2D eigenvalue weighted by Crippen LogP contribution is 2.18. The van der Waals surface area contributed by atoms with Crippen molar-refractivity contribution in [2.45, 2.75) is 58.7 Å². The third kappa shape index (κ3) is 8.73. The molecule has 1 amide bonds. The maximum atomic E-state index is 11.7. The van der Waals surface area contributed by atoms with Crippen molar-refractivity contribution in [2.75, 3.05) is 13.2 Å². The van der Waals surface area contributed by atoms with Gasteiger partial charge in [0.1, 0.15) is 5.75 Å². The van der Waals surface area contributed by atoms with Gasteiger partial charge in [-0.05, 0) is 50.8 Å². The van der Waals surface area contributed by atoms with E-state index >= 15 is 0 Å². The van der Waals surface area contributed by atoms with Crippen LogP contribution < -0.4 is 20.7 Å². The van der Waals surface area contributed by atoms with E-state index in [0.717, 1.165) is 37.3 Å². The van der Waals surface area contributed by atoms with Crippen molar-refractivity contribution in [2.24, 2.45) is 4.99 Å². The second-order valence-corrected chi connectivity index (χ2v) is 6.43. The van der Waals surface area contributed by atoms with Crippen LogP contribution in [0.25, 0.3) is 0 Å². The lowest BCUT2D eigenvalue weighted by atomic mass is 10.2. The quantitative estimate of drug-likeness (QED) is 0.293. The van der Waals surface area contributed by atoms with E-state index in [1.165, 1.54) is 0 Å². The number of nitrogens with zero attached hydrogens (tertiary/aromatic N) is 1. The van der Waals surface area contributed by atoms with Gasteiger partial charge in [0.25, 0.3) is 5.91 Å². The Morgan fingerprint density at radius 3 is 2.77 bits per heavy atom. The molecule has 0 spiro atoms. The van der Waals surface area contributed by atoms with E-state index in [0.29, 0.717) is 24.4 Å². The average molecular weight is 474 g/mol. The van der Waals surface area contributed by atoms with Gasteiger partial charge in [-0.3, -0.25) is 4.79 Å². The van der Waals surface area contributed by atoms with E-state index < -0.39 is 0 Å². The topological polar surface area (TPSA) is 74.8 Å². The number of carbonyl (C=O) groups is 1. The van der Waals surface area contributed by atoms with Crippen molar-refractivity contribution in [3.8, 4) is 5.75 Å². The van der Waals surface area contributed by atoms with E-state index in [-0.39, 0.29) is 36.5 Å². The van der Waals surface area contributed by atoms with Gasteiger partial charge in [0.2, 0.25) is 0 Å². The molecule has 0 radical (unpaired) electrons. The lowest BCUT2D eigenvalue weighted by molar-refractivity contribution is -0.123. The fourth-order valence-corrected chi connectivity index (χ4v) is 2.21. The first-order valence-electron chi connectivity index (χ1n) is 9.16. The molecule has 2 rings (SSSR count). The Morgan fingerprint density at radius 1 is 1.35 bits per heavy atom. The molecule has 1 aliphatic rings. The Balaban J connectivity index is 0.00000338. The highest BCUT2D eigenvalue weighted by molar-refractivity contribution is 14.0. The molecule has 1 aromatic carbocycles. The van der Waals surface area contributed by atoms with Crippen molar-refractivity contribution in [3.63, 3.8) is 0 Å². The molecule has 1 aliphatic carbocycles. The summed E-state index contributed by atoms with van der Waals surface area (Å²) in [5.41, 5.74) is 1.04. The molecule has 0 aromatic heterocycles. The number of ether oxygens (including phenoxy) is 1. The van der Waals surface area contributed by atoms with Crippen molar-refractivity contribution in [3.05, 3.63) is 29.8 Å². The summed E-state index contributed by atoms with van der Waals surface area (Å²) in [4.78, 5) is 16.3. The van der Waals surface area contributed by atoms with E-state index in [2.05, 4.69) is 41.7 Å². The van der Waals surface area contributed by atoms with Gasteiger partial charge in [-0.1, -0.05) is 19.1 Å². The maximum absolute atomic E-state index is 11.7. The zero-order chi connectivity index (χ0) is 18.1. The van der Waals surface area contributed by atoms with Gasteiger partial charge in [0.15, 0.2) is 12.6 Å². The lowest BCUT2D eigenvalue weighted by Gasteiger charge is -2.16. The average Bonchev–Trinajstić information content (AvgIpc) is 3.42. The fourth-order valence-electron chi connectivity index (χ4n) is 2.21. The first-order valence-corrected chi connectivity index (χ1v) is 9.16. The van der Waals surface area contributed by atoms with Crippen LogP contribution in [0.4, 0.5) is 0 Å². The zero-order valence-corrected chi connectivity index (χ0v) is 18.2. The molecular weight excluding hydrogens is 443 g/mol. The molecule has 7 heteroatoms. The second-order valence-electron chi connectivity index (χ2n) is 6.43. The monoisotopic (exact) mass is 474 g/mol. The summed E-state index contributed by atoms with van der Waals surface area (Å²) < 4.78 is 5.58. The van der Waals surface area contributed by atoms with Crippen molar-refractivity contribution in [1.29, 1.82) is 0 Å². The summed E-state index contributed by atoms with van der Waals surface area (Å²) in [6, 6.07) is 8.46. The summed E-state index contributed by atoms with van der Waals surface area (Å²) >= 11 is 0. The Bertz CT molecular complexity index is 591. The summed E-state index contributed by atoms with van der Waals surface area (Å²) in [6.45, 7) is 7.75. The molecule has 0 heterocycles. The molecule has 1 aromatic rings. The molecule has 0 bridgehead atoms. The zero-order valence-electron chi connectivity index (χ0n) is 15.9. The predicted octanol–water partition coefficient (Wildman–Crippen LogP) is 2.82. The number of guanidine groups is 1. The van der Waals surface area contributed by atoms with Crippen LogP contribution in [0.1, 0.15) is 45.6 Å². The molecule has 3 N–H and O–H groups in total. The number of aliphatic imine (C=N–C) groups is 1. The van der Waals surface area contributed by atoms with Crippen LogP contribution in [0.3, 0.4) is 0 Å². The lowest BCUT2D eigenvalue weighted by Crippen LogP contribution is -2.41. The third-order valence-corrected chi connectivity index (χ3v) is 3.97. The van der Waals surface area contributed by atoms with Gasteiger partial charge in [0.05, 0.1) is 6.54 Å². The van der Waals surface area contributed by atoms with Crippen LogP contribution in [0.15, 0.2) is 29.3 Å². The van der Waals surface area contributed by atoms with Gasteiger partial charge in [-0.15, -0.1) is 24.0 Å². The number of nitrogens with one attached hydrogen (secondary N) is 3. The van der Waals surface area contributed by atoms with Crippen LogP contribution >= 0.6 is 24.0 Å². The molecule has 1 atom stereocenters. The molecule has 0 saturated heterocycles. The third-order valence-electron chi connectivity index (χ3n) is 3.97. The Hall–Kier alpha value is -1.51. The highest BCUT2D eigenvalue weighted by Gasteiger charge is 2.23. The number of benzene rings is 1. The van der Waals surface area contributed by atoms with Crippen molar-refractivity contribution in [1.82, 2.24) is 16.0 Å². The molecule has 146 valence electrons. The highest BCUT2D eigenvalue weighted by atomic mass is 127. The Labute approximate surface area is 173 Å². The largest absolute Gasteiger partial charge is 0.484 e. The van der Waals surface area contributed by atoms with E-state index in [1.807, 2.05) is 24.3 Å². The van der Waals surface area contributed by atoms with Gasteiger partial charge in [0, 0.05) is 18.6 Å². The molecule has 0 aliphatic heterocycles. The van der Waals surface area contributed by atoms with Gasteiger partial charge >= 0.3 is 0 Å². The van der Waals surface area contributed by atoms with E-state index in [1.54, 1.807) is 0 Å². The minimum absolute atomic E-state index is 0. The van der Waals surface area contributed by atoms with Gasteiger partial charge in [-0.25, -0.2) is 4.99 Å². The van der Waals surface area contributed by atoms with Crippen LogP contribution in [-0.2, 0) is 11.3 Å². The molecule has 6 nitrogen and oxygen atoms in total. The van der Waals surface area contributed by atoms with E-state index in [9.17, 15) is 4.79 Å². The molecule has 1 fully saturated rings. The summed E-state index contributed by atoms with van der Waals surface area (Å²) in [5, 5.41) is 9.54. The number of hydrogen-bond donors (Lipinski definition) is 3. The summed E-state index contributed by atoms with van der Waals surface area (Å²) in [6.07, 6.45) is 3.20. The van der Waals surface area contributed by atoms with Crippen LogP contribution in [0.2, 0.25) is 0 Å². The first-order chi connectivity index (χ1) is 12.1. The molecule has 1 unspecified atom stereocenters. The number of halogens is 1. The van der Waals surface area contributed by atoms with Crippen molar-refractivity contribution >= 4 is 35.8 Å². The van der Waals surface area contributed by atoms with Crippen LogP contribution in [0.5, 0.6) is 5.75 Å². The van der Waals surface area contributed by atoms with Crippen molar-refractivity contribution < 1.29 is 9.53 Å². The minimum atomic E-state index is -0.0573. The minimum Gasteiger partial charge on any atom is -0.484 e. The number of carbonyl (C=O) groups excluding carboxylic acids is 1. The normalized spacial score (nSPS) is 14.8. The summed E-state index contributed by atoms with van der Waals surface area (Å²) in [7, 11) is 0. The SMILES string of the molecule is CCNC(=NCc1cccc(OCC(=O)NC2CC2)c1)NC(C)CC.I. The number of rotatable bonds is 9. The first kappa shape index (κ1) is 22.5. The fraction of sp³-hybridized carbons (Fsp3) is 0.579. The van der Waals surface area contributed by atoms with E-state index in [4.69, 9.17) is 4.74 Å². The molecule has 1 saturated carbocycles. The van der Waals surface area contributed by atoms with Crippen LogP contribution in [0, 0.1) is 0 Å². The standard InChI is InChI=1S/C19H30N4O2.HI/c1-4-14(3)22-19(20-5-2)21-12-15-7-6-8-17(11-15)25-13-18(24)23-16-9-10-16;/h6-8,11,14,16H,4-5,9-10,12-13H2,1-3H3,(H,23,24)(H2,20,21,22);1H. The Morgan fingerprint density at radius 2 is 2.12 bits per heavy atom. The maximum Gasteiger partial charge on any atom is 0.258 e. The van der Waals surface area contributed by atoms with Gasteiger partial charge in [-0.2, -0.15) is 0 Å². The number of amides is 1. The Kier molecular flexibility index (Phi) is 10.4. The smallest absolute Gasteiger partial charge is 0.258 e. The summed E-state index contributed by atoms with van der Waals surface area (Å²) in [5.74, 6) is 1.45. The van der Waals surface area contributed by atoms with Gasteiger partial charge < -0.3 is 20.7 Å². The second kappa shape index (κ2) is 12.0.